The number of nitrogens with zero attached hydrogens (tertiary/aromatic N) is 4. The minimum Gasteiger partial charge on any atom is -0.450 e. The van der Waals surface area contributed by atoms with Gasteiger partial charge in [0.15, 0.2) is 17.7 Å². The van der Waals surface area contributed by atoms with Crippen LogP contribution in [0.4, 0.5) is 5.82 Å². The van der Waals surface area contributed by atoms with Crippen molar-refractivity contribution in [3.63, 3.8) is 0 Å². The molecule has 3 rings (SSSR count). The summed E-state index contributed by atoms with van der Waals surface area (Å²) in [7, 11) is 0. The van der Waals surface area contributed by atoms with E-state index < -0.39 is 4.92 Å². The second kappa shape index (κ2) is 7.19. The van der Waals surface area contributed by atoms with Gasteiger partial charge in [-0.3, -0.25) is 4.68 Å². The molecule has 0 spiro atoms. The van der Waals surface area contributed by atoms with Gasteiger partial charge in [-0.1, -0.05) is 0 Å². The first-order valence-electron chi connectivity index (χ1n) is 7.59. The molecular weight excluding hydrogens is 300 g/mol. The maximum Gasteiger partial charge on any atom is 0.363 e. The maximum atomic E-state index is 10.6. The first-order valence-corrected chi connectivity index (χ1v) is 7.59. The van der Waals surface area contributed by atoms with Crippen LogP contribution in [-0.2, 0) is 11.3 Å². The minimum atomic E-state index is -0.544. The number of nitro groups is 1. The molecule has 0 atom stereocenters. The van der Waals surface area contributed by atoms with Crippen LogP contribution in [0.2, 0.25) is 0 Å². The highest BCUT2D eigenvalue weighted by molar-refractivity contribution is 5.30. The molecule has 0 amide bonds. The van der Waals surface area contributed by atoms with E-state index in [0.717, 1.165) is 39.0 Å². The third-order valence-electron chi connectivity index (χ3n) is 3.86. The summed E-state index contributed by atoms with van der Waals surface area (Å²) < 4.78 is 12.8. The molecule has 2 aromatic rings. The quantitative estimate of drug-likeness (QED) is 0.600. The van der Waals surface area contributed by atoms with Crippen molar-refractivity contribution in [1.82, 2.24) is 14.8 Å². The second-order valence-electron chi connectivity index (χ2n) is 5.49. The molecule has 0 saturated carbocycles. The molecule has 23 heavy (non-hydrogen) atoms. The standard InChI is InChI=1S/C15H18N4O4/c20-19(21)15-2-1-13(9-16-15)23-14-10-17-18(11-14)6-3-12-4-7-22-8-5-12/h1-2,9-12H,3-8H2. The van der Waals surface area contributed by atoms with Gasteiger partial charge in [0, 0.05) is 25.8 Å². The molecule has 8 heteroatoms. The Kier molecular flexibility index (Phi) is 4.82. The van der Waals surface area contributed by atoms with Crippen molar-refractivity contribution in [3.8, 4) is 11.5 Å². The zero-order chi connectivity index (χ0) is 16.1. The molecule has 0 unspecified atom stereocenters. The molecule has 3 heterocycles. The summed E-state index contributed by atoms with van der Waals surface area (Å²) in [5.74, 6) is 1.52. The molecule has 0 bridgehead atoms. The third kappa shape index (κ3) is 4.26. The van der Waals surface area contributed by atoms with Crippen molar-refractivity contribution in [1.29, 1.82) is 0 Å². The van der Waals surface area contributed by atoms with Crippen LogP contribution in [0.1, 0.15) is 19.3 Å². The smallest absolute Gasteiger partial charge is 0.363 e. The van der Waals surface area contributed by atoms with Crippen molar-refractivity contribution in [2.45, 2.75) is 25.8 Å². The molecule has 1 aliphatic heterocycles. The van der Waals surface area contributed by atoms with Gasteiger partial charge < -0.3 is 19.6 Å². The highest BCUT2D eigenvalue weighted by Gasteiger charge is 2.14. The Labute approximate surface area is 133 Å². The zero-order valence-electron chi connectivity index (χ0n) is 12.6. The molecule has 0 aliphatic carbocycles. The zero-order valence-corrected chi connectivity index (χ0v) is 12.6. The largest absolute Gasteiger partial charge is 0.450 e. The van der Waals surface area contributed by atoms with E-state index in [1.807, 2.05) is 10.9 Å². The molecule has 1 saturated heterocycles. The van der Waals surface area contributed by atoms with Crippen LogP contribution in [0, 0.1) is 16.0 Å². The number of aryl methyl sites for hydroxylation is 1. The van der Waals surface area contributed by atoms with Gasteiger partial charge in [0.05, 0.1) is 12.4 Å². The van der Waals surface area contributed by atoms with E-state index >= 15 is 0 Å². The molecule has 0 N–H and O–H groups in total. The molecular formula is C15H18N4O4. The van der Waals surface area contributed by atoms with Gasteiger partial charge in [-0.25, -0.2) is 0 Å². The average Bonchev–Trinajstić information content (AvgIpc) is 3.02. The summed E-state index contributed by atoms with van der Waals surface area (Å²) in [6.45, 7) is 2.54. The van der Waals surface area contributed by atoms with E-state index in [-0.39, 0.29) is 5.82 Å². The van der Waals surface area contributed by atoms with Gasteiger partial charge in [0.25, 0.3) is 0 Å². The van der Waals surface area contributed by atoms with E-state index in [0.29, 0.717) is 17.4 Å². The fourth-order valence-electron chi connectivity index (χ4n) is 2.55. The summed E-state index contributed by atoms with van der Waals surface area (Å²) in [5, 5.41) is 14.8. The van der Waals surface area contributed by atoms with Crippen LogP contribution in [0.5, 0.6) is 11.5 Å². The fraction of sp³-hybridized carbons (Fsp3) is 0.467. The maximum absolute atomic E-state index is 10.6. The minimum absolute atomic E-state index is 0.204. The van der Waals surface area contributed by atoms with Crippen molar-refractivity contribution >= 4 is 5.82 Å². The summed E-state index contributed by atoms with van der Waals surface area (Å²) in [4.78, 5) is 13.7. The lowest BCUT2D eigenvalue weighted by Crippen LogP contribution is -2.17. The van der Waals surface area contributed by atoms with Crippen LogP contribution >= 0.6 is 0 Å². The van der Waals surface area contributed by atoms with Gasteiger partial charge in [-0.15, -0.1) is 0 Å². The Balaban J connectivity index is 1.53. The van der Waals surface area contributed by atoms with Crippen molar-refractivity contribution in [2.75, 3.05) is 13.2 Å². The highest BCUT2D eigenvalue weighted by atomic mass is 16.6. The molecule has 1 fully saturated rings. The molecule has 0 radical (unpaired) electrons. The van der Waals surface area contributed by atoms with Crippen LogP contribution < -0.4 is 4.74 Å². The summed E-state index contributed by atoms with van der Waals surface area (Å²) in [6, 6.07) is 2.83. The normalized spacial score (nSPS) is 15.5. The van der Waals surface area contributed by atoms with Gasteiger partial charge in [0.1, 0.15) is 0 Å². The number of ether oxygens (including phenoxy) is 2. The van der Waals surface area contributed by atoms with Gasteiger partial charge in [0.2, 0.25) is 0 Å². The monoisotopic (exact) mass is 318 g/mol. The van der Waals surface area contributed by atoms with E-state index in [9.17, 15) is 10.1 Å². The summed E-state index contributed by atoms with van der Waals surface area (Å²) in [6.07, 6.45) is 8.07. The van der Waals surface area contributed by atoms with E-state index in [2.05, 4.69) is 10.1 Å². The number of hydrogen-bond acceptors (Lipinski definition) is 6. The lowest BCUT2D eigenvalue weighted by atomic mass is 9.97. The molecule has 1 aliphatic rings. The summed E-state index contributed by atoms with van der Waals surface area (Å²) >= 11 is 0. The Morgan fingerprint density at radius 3 is 2.83 bits per heavy atom. The van der Waals surface area contributed by atoms with Crippen LogP contribution in [0.25, 0.3) is 0 Å². The molecule has 8 nitrogen and oxygen atoms in total. The van der Waals surface area contributed by atoms with E-state index in [1.165, 1.54) is 18.3 Å². The number of aromatic nitrogens is 3. The predicted octanol–water partition coefficient (Wildman–Crippen LogP) is 2.80. The first-order chi connectivity index (χ1) is 11.2. The van der Waals surface area contributed by atoms with Crippen LogP contribution in [0.15, 0.2) is 30.7 Å². The number of pyridine rings is 1. The molecule has 2 aromatic heterocycles. The van der Waals surface area contributed by atoms with Crippen molar-refractivity contribution in [3.05, 3.63) is 40.8 Å². The predicted molar refractivity (Wildman–Crippen MR) is 81.4 cm³/mol. The second-order valence-corrected chi connectivity index (χ2v) is 5.49. The highest BCUT2D eigenvalue weighted by Crippen LogP contribution is 2.23. The molecule has 0 aromatic carbocycles. The van der Waals surface area contributed by atoms with Gasteiger partial charge >= 0.3 is 5.82 Å². The van der Waals surface area contributed by atoms with E-state index in [4.69, 9.17) is 9.47 Å². The van der Waals surface area contributed by atoms with Gasteiger partial charge in [-0.2, -0.15) is 5.10 Å². The van der Waals surface area contributed by atoms with Crippen LogP contribution in [0.3, 0.4) is 0 Å². The summed E-state index contributed by atoms with van der Waals surface area (Å²) in [5.41, 5.74) is 0. The Morgan fingerprint density at radius 1 is 1.30 bits per heavy atom. The van der Waals surface area contributed by atoms with Crippen molar-refractivity contribution in [2.24, 2.45) is 5.92 Å². The van der Waals surface area contributed by atoms with Crippen LogP contribution in [-0.4, -0.2) is 32.9 Å². The topological polar surface area (TPSA) is 92.3 Å². The van der Waals surface area contributed by atoms with E-state index in [1.54, 1.807) is 6.20 Å². The Hall–Kier alpha value is -2.48. The Bertz CT molecular complexity index is 650. The fourth-order valence-corrected chi connectivity index (χ4v) is 2.55. The van der Waals surface area contributed by atoms with Gasteiger partial charge in [-0.05, 0) is 41.2 Å². The lowest BCUT2D eigenvalue weighted by molar-refractivity contribution is -0.389. The number of hydrogen-bond donors (Lipinski definition) is 0. The third-order valence-corrected chi connectivity index (χ3v) is 3.86. The SMILES string of the molecule is O=[N+]([O-])c1ccc(Oc2cnn(CCC3CCOCC3)c2)cn1. The lowest BCUT2D eigenvalue weighted by Gasteiger charge is -2.21. The number of rotatable bonds is 6. The molecule has 122 valence electrons. The average molecular weight is 318 g/mol. The Morgan fingerprint density at radius 2 is 2.13 bits per heavy atom. The first kappa shape index (κ1) is 15.4. The van der Waals surface area contributed by atoms with Crippen molar-refractivity contribution < 1.29 is 14.4 Å².